The van der Waals surface area contributed by atoms with E-state index in [2.05, 4.69) is 0 Å². The number of ether oxygens (including phenoxy) is 2. The first kappa shape index (κ1) is 34.3. The fourth-order valence-electron chi connectivity index (χ4n) is 6.67. The lowest BCUT2D eigenvalue weighted by molar-refractivity contribution is 0.0188. The highest BCUT2D eigenvalue weighted by Gasteiger charge is 2.31. The van der Waals surface area contributed by atoms with Gasteiger partial charge in [-0.2, -0.15) is 4.39 Å². The number of aryl methyl sites for hydroxylation is 1. The predicted octanol–water partition coefficient (Wildman–Crippen LogP) is 10.7. The minimum absolute atomic E-state index is 0.0929. The summed E-state index contributed by atoms with van der Waals surface area (Å²) in [4.78, 5) is 12.9. The molecule has 47 heavy (non-hydrogen) atoms. The number of hydrogen-bond donors (Lipinski definition) is 0. The third-order valence-corrected chi connectivity index (χ3v) is 9.27. The van der Waals surface area contributed by atoms with E-state index in [-0.39, 0.29) is 35.8 Å². The molecule has 1 unspecified atom stereocenters. The molecule has 0 N–H and O–H groups in total. The van der Waals surface area contributed by atoms with Gasteiger partial charge in [0.25, 0.3) is 0 Å². The highest BCUT2D eigenvalue weighted by atomic mass is 19.2. The van der Waals surface area contributed by atoms with E-state index in [0.29, 0.717) is 68.1 Å². The number of rotatable bonds is 10. The maximum atomic E-state index is 15.3. The Morgan fingerprint density at radius 2 is 1.49 bits per heavy atom. The molecule has 1 saturated carbocycles. The van der Waals surface area contributed by atoms with Crippen LogP contribution < -0.4 is 4.74 Å². The third kappa shape index (κ3) is 7.44. The molecule has 1 fully saturated rings. The fourth-order valence-corrected chi connectivity index (χ4v) is 6.67. The van der Waals surface area contributed by atoms with Gasteiger partial charge in [0.2, 0.25) is 5.82 Å². The second-order valence-electron chi connectivity index (χ2n) is 12.1. The van der Waals surface area contributed by atoms with Gasteiger partial charge in [-0.15, -0.1) is 0 Å². The van der Waals surface area contributed by atoms with Crippen LogP contribution in [0.1, 0.15) is 110 Å². The summed E-state index contributed by atoms with van der Waals surface area (Å²) in [6.45, 7) is 3.73. The van der Waals surface area contributed by atoms with Crippen LogP contribution in [0.2, 0.25) is 0 Å². The predicted molar refractivity (Wildman–Crippen MR) is 168 cm³/mol. The molecule has 0 heterocycles. The maximum absolute atomic E-state index is 15.3. The molecule has 0 saturated heterocycles. The van der Waals surface area contributed by atoms with Gasteiger partial charge in [0.1, 0.15) is 6.10 Å². The lowest BCUT2D eigenvalue weighted by Gasteiger charge is -2.29. The molecule has 0 radical (unpaired) electrons. The molecule has 9 heteroatoms. The SMILES string of the molecule is C/C=C/CCc1ccc(C2CCC(OC(=O)c3ccc(C4CC=C(c5ccc(OCC)c(F)c5F)CC4)c(F)c3F)CC2)c(F)c1F. The number of carbonyl (C=O) groups excluding carboxylic acids is 1. The molecule has 0 aromatic heterocycles. The summed E-state index contributed by atoms with van der Waals surface area (Å²) in [6, 6.07) is 8.64. The minimum atomic E-state index is -1.30. The first-order valence-corrected chi connectivity index (χ1v) is 16.2. The Morgan fingerprint density at radius 3 is 2.17 bits per heavy atom. The summed E-state index contributed by atoms with van der Waals surface area (Å²) in [5, 5.41) is 0. The lowest BCUT2D eigenvalue weighted by Crippen LogP contribution is -2.25. The number of hydrogen-bond acceptors (Lipinski definition) is 3. The molecule has 3 aromatic carbocycles. The smallest absolute Gasteiger partial charge is 0.341 e. The van der Waals surface area contributed by atoms with Gasteiger partial charge >= 0.3 is 5.97 Å². The molecule has 0 spiro atoms. The van der Waals surface area contributed by atoms with Gasteiger partial charge in [0.15, 0.2) is 34.8 Å². The molecule has 3 aromatic rings. The van der Waals surface area contributed by atoms with Gasteiger partial charge in [-0.25, -0.2) is 26.7 Å². The molecule has 250 valence electrons. The summed E-state index contributed by atoms with van der Waals surface area (Å²) in [5.41, 5.74) is 0.875. The zero-order valence-corrected chi connectivity index (χ0v) is 26.5. The van der Waals surface area contributed by atoms with Crippen LogP contribution in [0.3, 0.4) is 0 Å². The van der Waals surface area contributed by atoms with E-state index in [1.54, 1.807) is 25.1 Å². The van der Waals surface area contributed by atoms with Gasteiger partial charge in [0.05, 0.1) is 12.2 Å². The summed E-state index contributed by atoms with van der Waals surface area (Å²) in [7, 11) is 0. The standard InChI is InChI=1S/C38H38F6O3/c1-3-5-6-7-25-14-17-27(33(40)32(25)39)24-12-15-26(16-13-24)47-38(45)30-19-18-28(34(41)36(30)43)22-8-10-23(11-9-22)29-20-21-31(46-4-2)37(44)35(29)42/h3,5,10,14,17-22,24,26H,4,6-9,11-13,15-16H2,1-2H3/b5-3+. The third-order valence-electron chi connectivity index (χ3n) is 9.27. The monoisotopic (exact) mass is 656 g/mol. The molecule has 0 aliphatic heterocycles. The summed E-state index contributed by atoms with van der Waals surface area (Å²) in [5.74, 6) is -8.02. The van der Waals surface area contributed by atoms with E-state index < -0.39 is 58.5 Å². The zero-order valence-electron chi connectivity index (χ0n) is 26.5. The number of halogens is 6. The van der Waals surface area contributed by atoms with Crippen molar-refractivity contribution in [3.05, 3.63) is 117 Å². The molecule has 3 nitrogen and oxygen atoms in total. The fraction of sp³-hybridized carbons (Fsp3) is 0.395. The van der Waals surface area contributed by atoms with Gasteiger partial charge in [-0.3, -0.25) is 0 Å². The van der Waals surface area contributed by atoms with Crippen molar-refractivity contribution in [2.45, 2.75) is 89.6 Å². The van der Waals surface area contributed by atoms with E-state index >= 15 is 8.78 Å². The quantitative estimate of drug-likeness (QED) is 0.124. The average Bonchev–Trinajstić information content (AvgIpc) is 3.07. The number of benzene rings is 3. The number of carbonyl (C=O) groups is 1. The van der Waals surface area contributed by atoms with Crippen molar-refractivity contribution in [3.8, 4) is 5.75 Å². The summed E-state index contributed by atoms with van der Waals surface area (Å²) in [6.07, 6.45) is 8.52. The topological polar surface area (TPSA) is 35.5 Å². The molecule has 0 amide bonds. The summed E-state index contributed by atoms with van der Waals surface area (Å²) < 4.78 is 99.7. The first-order chi connectivity index (χ1) is 22.6. The van der Waals surface area contributed by atoms with Gasteiger partial charge in [-0.1, -0.05) is 36.4 Å². The molecule has 2 aliphatic carbocycles. The number of allylic oxidation sites excluding steroid dienone is 4. The van der Waals surface area contributed by atoms with Crippen LogP contribution in [0.25, 0.3) is 5.57 Å². The van der Waals surface area contributed by atoms with E-state index in [9.17, 15) is 22.4 Å². The van der Waals surface area contributed by atoms with Gasteiger partial charge < -0.3 is 9.47 Å². The van der Waals surface area contributed by atoms with Crippen LogP contribution >= 0.6 is 0 Å². The Bertz CT molecular complexity index is 1670. The molecule has 5 rings (SSSR count). The van der Waals surface area contributed by atoms with Crippen molar-refractivity contribution in [1.29, 1.82) is 0 Å². The maximum Gasteiger partial charge on any atom is 0.341 e. The highest BCUT2D eigenvalue weighted by Crippen LogP contribution is 2.40. The van der Waals surface area contributed by atoms with Crippen molar-refractivity contribution >= 4 is 11.5 Å². The van der Waals surface area contributed by atoms with Gasteiger partial charge in [-0.05, 0) is 124 Å². The largest absolute Gasteiger partial charge is 0.491 e. The van der Waals surface area contributed by atoms with E-state index in [1.165, 1.54) is 24.3 Å². The van der Waals surface area contributed by atoms with Crippen molar-refractivity contribution in [3.63, 3.8) is 0 Å². The molecular formula is C38H38F6O3. The van der Waals surface area contributed by atoms with E-state index in [0.717, 1.165) is 0 Å². The zero-order chi connectivity index (χ0) is 33.7. The first-order valence-electron chi connectivity index (χ1n) is 16.2. The molecule has 2 aliphatic rings. The Morgan fingerprint density at radius 1 is 0.787 bits per heavy atom. The summed E-state index contributed by atoms with van der Waals surface area (Å²) >= 11 is 0. The lowest BCUT2D eigenvalue weighted by atomic mass is 9.81. The van der Waals surface area contributed by atoms with Crippen molar-refractivity contribution in [2.75, 3.05) is 6.61 Å². The van der Waals surface area contributed by atoms with Crippen molar-refractivity contribution < 1.29 is 40.6 Å². The number of esters is 1. The Hall–Kier alpha value is -4.01. The molecule has 1 atom stereocenters. The van der Waals surface area contributed by atoms with Crippen LogP contribution in [-0.2, 0) is 11.2 Å². The van der Waals surface area contributed by atoms with Crippen LogP contribution in [0.5, 0.6) is 5.75 Å². The second-order valence-corrected chi connectivity index (χ2v) is 12.1. The van der Waals surface area contributed by atoms with Crippen LogP contribution in [0.4, 0.5) is 26.3 Å². The van der Waals surface area contributed by atoms with Crippen molar-refractivity contribution in [1.82, 2.24) is 0 Å². The van der Waals surface area contributed by atoms with E-state index in [4.69, 9.17) is 9.47 Å². The van der Waals surface area contributed by atoms with Crippen LogP contribution in [0.15, 0.2) is 54.6 Å². The highest BCUT2D eigenvalue weighted by molar-refractivity contribution is 5.90. The van der Waals surface area contributed by atoms with E-state index in [1.807, 2.05) is 19.1 Å². The Kier molecular flexibility index (Phi) is 11.1. The minimum Gasteiger partial charge on any atom is -0.491 e. The molecular weight excluding hydrogens is 618 g/mol. The second kappa shape index (κ2) is 15.3. The Balaban J connectivity index is 1.19. The van der Waals surface area contributed by atoms with Crippen LogP contribution in [-0.4, -0.2) is 18.7 Å². The average molecular weight is 657 g/mol. The van der Waals surface area contributed by atoms with Crippen LogP contribution in [0, 0.1) is 34.9 Å². The normalized spacial score (nSPS) is 19.9. The molecule has 0 bridgehead atoms. The van der Waals surface area contributed by atoms with Gasteiger partial charge in [0, 0.05) is 5.56 Å². The van der Waals surface area contributed by atoms with Crippen molar-refractivity contribution in [2.24, 2.45) is 0 Å². The Labute approximate surface area is 271 Å².